The third-order valence-corrected chi connectivity index (χ3v) is 4.61. The molecule has 0 atom stereocenters. The minimum Gasteiger partial charge on any atom is -0.497 e. The second-order valence-electron chi connectivity index (χ2n) is 6.04. The van der Waals surface area contributed by atoms with Crippen LogP contribution in [0.4, 0.5) is 0 Å². The van der Waals surface area contributed by atoms with Gasteiger partial charge in [-0.1, -0.05) is 29.8 Å². The SMILES string of the molecule is COc1ccc(CCn2cnc3nc4cc(Cl)ccc4cc3c2=O)cc1. The van der Waals surface area contributed by atoms with E-state index < -0.39 is 0 Å². The molecule has 4 aromatic rings. The van der Waals surface area contributed by atoms with Crippen LogP contribution in [-0.2, 0) is 13.0 Å². The highest BCUT2D eigenvalue weighted by molar-refractivity contribution is 6.31. The van der Waals surface area contributed by atoms with E-state index >= 15 is 0 Å². The summed E-state index contributed by atoms with van der Waals surface area (Å²) in [5.41, 5.74) is 2.20. The molecule has 0 aliphatic rings. The Morgan fingerprint density at radius 2 is 1.92 bits per heavy atom. The summed E-state index contributed by atoms with van der Waals surface area (Å²) in [5, 5.41) is 1.99. The molecule has 0 spiro atoms. The van der Waals surface area contributed by atoms with Gasteiger partial charge in [-0.3, -0.25) is 9.36 Å². The second kappa shape index (κ2) is 6.77. The molecular weight excluding hydrogens is 350 g/mol. The van der Waals surface area contributed by atoms with Gasteiger partial charge < -0.3 is 4.74 Å². The molecule has 0 radical (unpaired) electrons. The maximum atomic E-state index is 12.8. The van der Waals surface area contributed by atoms with Gasteiger partial charge in [-0.25, -0.2) is 9.97 Å². The number of methoxy groups -OCH3 is 1. The van der Waals surface area contributed by atoms with Crippen LogP contribution in [0, 0.1) is 0 Å². The smallest absolute Gasteiger partial charge is 0.262 e. The average molecular weight is 366 g/mol. The number of ether oxygens (including phenoxy) is 1. The van der Waals surface area contributed by atoms with Crippen molar-refractivity contribution in [2.45, 2.75) is 13.0 Å². The van der Waals surface area contributed by atoms with Gasteiger partial charge in [0.2, 0.25) is 0 Å². The predicted molar refractivity (Wildman–Crippen MR) is 103 cm³/mol. The van der Waals surface area contributed by atoms with Gasteiger partial charge in [0.25, 0.3) is 5.56 Å². The molecule has 0 amide bonds. The van der Waals surface area contributed by atoms with E-state index in [4.69, 9.17) is 16.3 Å². The molecular formula is C20H16ClN3O2. The third kappa shape index (κ3) is 3.13. The number of nitrogens with zero attached hydrogens (tertiary/aromatic N) is 3. The van der Waals surface area contributed by atoms with Crippen molar-refractivity contribution in [3.63, 3.8) is 0 Å². The normalized spacial score (nSPS) is 11.2. The maximum absolute atomic E-state index is 12.8. The fraction of sp³-hybridized carbons (Fsp3) is 0.150. The number of fused-ring (bicyclic) bond motifs is 2. The summed E-state index contributed by atoms with van der Waals surface area (Å²) in [6.07, 6.45) is 2.28. The van der Waals surface area contributed by atoms with Crippen molar-refractivity contribution in [1.29, 1.82) is 0 Å². The zero-order chi connectivity index (χ0) is 18.1. The summed E-state index contributed by atoms with van der Waals surface area (Å²) in [6.45, 7) is 0.548. The zero-order valence-electron chi connectivity index (χ0n) is 14.1. The van der Waals surface area contributed by atoms with Crippen molar-refractivity contribution >= 4 is 33.5 Å². The third-order valence-electron chi connectivity index (χ3n) is 4.37. The molecule has 26 heavy (non-hydrogen) atoms. The molecule has 130 valence electrons. The van der Waals surface area contributed by atoms with Crippen LogP contribution < -0.4 is 10.3 Å². The van der Waals surface area contributed by atoms with Crippen molar-refractivity contribution in [3.8, 4) is 5.75 Å². The van der Waals surface area contributed by atoms with E-state index in [0.29, 0.717) is 22.6 Å². The Morgan fingerprint density at radius 3 is 2.69 bits per heavy atom. The first-order valence-corrected chi connectivity index (χ1v) is 8.60. The van der Waals surface area contributed by atoms with E-state index in [0.717, 1.165) is 28.6 Å². The van der Waals surface area contributed by atoms with Crippen LogP contribution in [0.15, 0.2) is 59.7 Å². The predicted octanol–water partition coefficient (Wildman–Crippen LogP) is 3.85. The molecule has 2 aromatic heterocycles. The van der Waals surface area contributed by atoms with Gasteiger partial charge in [0, 0.05) is 17.0 Å². The highest BCUT2D eigenvalue weighted by Gasteiger charge is 2.08. The summed E-state index contributed by atoms with van der Waals surface area (Å²) in [4.78, 5) is 21.6. The monoisotopic (exact) mass is 365 g/mol. The van der Waals surface area contributed by atoms with Gasteiger partial charge in [0.15, 0.2) is 5.65 Å². The van der Waals surface area contributed by atoms with Gasteiger partial charge in [-0.2, -0.15) is 0 Å². The van der Waals surface area contributed by atoms with Crippen LogP contribution in [0.3, 0.4) is 0 Å². The Kier molecular flexibility index (Phi) is 4.31. The summed E-state index contributed by atoms with van der Waals surface area (Å²) < 4.78 is 6.78. The van der Waals surface area contributed by atoms with E-state index in [9.17, 15) is 4.79 Å². The van der Waals surface area contributed by atoms with E-state index in [-0.39, 0.29) is 5.56 Å². The van der Waals surface area contributed by atoms with Crippen LogP contribution in [-0.4, -0.2) is 21.6 Å². The Balaban J connectivity index is 1.67. The van der Waals surface area contributed by atoms with Crippen molar-refractivity contribution in [3.05, 3.63) is 75.8 Å². The molecule has 2 heterocycles. The van der Waals surface area contributed by atoms with Gasteiger partial charge in [-0.05, 0) is 42.3 Å². The second-order valence-corrected chi connectivity index (χ2v) is 6.47. The molecule has 0 saturated heterocycles. The molecule has 0 N–H and O–H groups in total. The van der Waals surface area contributed by atoms with Crippen molar-refractivity contribution in [1.82, 2.24) is 14.5 Å². The fourth-order valence-electron chi connectivity index (χ4n) is 2.92. The Hall–Kier alpha value is -2.92. The molecule has 0 unspecified atom stereocenters. The van der Waals surface area contributed by atoms with E-state index in [1.165, 1.54) is 0 Å². The number of hydrogen-bond acceptors (Lipinski definition) is 4. The first-order valence-electron chi connectivity index (χ1n) is 8.22. The number of aromatic nitrogens is 3. The summed E-state index contributed by atoms with van der Waals surface area (Å²) in [5.74, 6) is 0.816. The van der Waals surface area contributed by atoms with Gasteiger partial charge in [0.05, 0.1) is 24.3 Å². The van der Waals surface area contributed by atoms with Crippen LogP contribution in [0.1, 0.15) is 5.56 Å². The largest absolute Gasteiger partial charge is 0.497 e. The van der Waals surface area contributed by atoms with E-state index in [1.807, 2.05) is 36.4 Å². The van der Waals surface area contributed by atoms with Gasteiger partial charge >= 0.3 is 0 Å². The Labute approximate surface area is 154 Å². The summed E-state index contributed by atoms with van der Waals surface area (Å²) in [7, 11) is 1.64. The lowest BCUT2D eigenvalue weighted by atomic mass is 10.1. The molecule has 0 aliphatic carbocycles. The summed E-state index contributed by atoms with van der Waals surface area (Å²) in [6, 6.07) is 15.1. The lowest BCUT2D eigenvalue weighted by Gasteiger charge is -2.08. The number of hydrogen-bond donors (Lipinski definition) is 0. The Morgan fingerprint density at radius 1 is 1.12 bits per heavy atom. The van der Waals surface area contributed by atoms with Crippen molar-refractivity contribution < 1.29 is 4.74 Å². The van der Waals surface area contributed by atoms with Crippen molar-refractivity contribution in [2.75, 3.05) is 7.11 Å². The average Bonchev–Trinajstić information content (AvgIpc) is 2.67. The number of aryl methyl sites for hydroxylation is 2. The van der Waals surface area contributed by atoms with Crippen LogP contribution in [0.2, 0.25) is 5.02 Å². The highest BCUT2D eigenvalue weighted by atomic mass is 35.5. The lowest BCUT2D eigenvalue weighted by Crippen LogP contribution is -2.22. The standard InChI is InChI=1S/C20H16ClN3O2/c1-26-16-6-2-13(3-7-16)8-9-24-12-22-19-17(20(24)25)10-14-4-5-15(21)11-18(14)23-19/h2-7,10-12H,8-9H2,1H3. The molecule has 4 rings (SSSR count). The molecule has 0 fully saturated rings. The van der Waals surface area contributed by atoms with Gasteiger partial charge in [-0.15, -0.1) is 0 Å². The number of halogens is 1. The van der Waals surface area contributed by atoms with Crippen LogP contribution in [0.5, 0.6) is 5.75 Å². The lowest BCUT2D eigenvalue weighted by molar-refractivity contribution is 0.414. The topological polar surface area (TPSA) is 57.0 Å². The fourth-order valence-corrected chi connectivity index (χ4v) is 3.08. The number of pyridine rings is 1. The minimum absolute atomic E-state index is 0.0899. The first-order chi connectivity index (χ1) is 12.6. The maximum Gasteiger partial charge on any atom is 0.262 e. The quantitative estimate of drug-likeness (QED) is 0.515. The Bertz CT molecular complexity index is 1150. The highest BCUT2D eigenvalue weighted by Crippen LogP contribution is 2.20. The molecule has 0 saturated carbocycles. The molecule has 0 aliphatic heterocycles. The van der Waals surface area contributed by atoms with Crippen molar-refractivity contribution in [2.24, 2.45) is 0 Å². The van der Waals surface area contributed by atoms with Gasteiger partial charge in [0.1, 0.15) is 5.75 Å². The zero-order valence-corrected chi connectivity index (χ0v) is 14.9. The summed E-state index contributed by atoms with van der Waals surface area (Å²) >= 11 is 6.01. The first kappa shape index (κ1) is 16.5. The van der Waals surface area contributed by atoms with Crippen LogP contribution >= 0.6 is 11.6 Å². The minimum atomic E-state index is -0.0899. The molecule has 2 aromatic carbocycles. The number of rotatable bonds is 4. The van der Waals surface area contributed by atoms with E-state index in [2.05, 4.69) is 9.97 Å². The number of benzene rings is 2. The van der Waals surface area contributed by atoms with Crippen LogP contribution in [0.25, 0.3) is 21.9 Å². The molecule has 6 heteroatoms. The van der Waals surface area contributed by atoms with E-state index in [1.54, 1.807) is 30.1 Å². The molecule has 0 bridgehead atoms. The molecule has 5 nitrogen and oxygen atoms in total.